The lowest BCUT2D eigenvalue weighted by Crippen LogP contribution is -2.44. The van der Waals surface area contributed by atoms with Crippen molar-refractivity contribution < 1.29 is 4.79 Å². The van der Waals surface area contributed by atoms with Crippen LogP contribution < -0.4 is 5.32 Å². The summed E-state index contributed by atoms with van der Waals surface area (Å²) >= 11 is 0. The summed E-state index contributed by atoms with van der Waals surface area (Å²) in [6.45, 7) is 8.52. The summed E-state index contributed by atoms with van der Waals surface area (Å²) in [5.41, 5.74) is 0.478. The van der Waals surface area contributed by atoms with Crippen molar-refractivity contribution in [3.8, 4) is 0 Å². The zero-order chi connectivity index (χ0) is 10.8. The highest BCUT2D eigenvalue weighted by Gasteiger charge is 2.33. The van der Waals surface area contributed by atoms with E-state index in [9.17, 15) is 4.79 Å². The van der Waals surface area contributed by atoms with Gasteiger partial charge in [-0.05, 0) is 30.6 Å². The molecule has 0 bridgehead atoms. The SMILES string of the molecule is CCC(C)(C)C[C@H]1C[C@H](NC(C)=O)C1. The van der Waals surface area contributed by atoms with E-state index in [1.807, 2.05) is 0 Å². The molecule has 2 heteroatoms. The second-order valence-corrected chi connectivity index (χ2v) is 5.46. The highest BCUT2D eigenvalue weighted by Crippen LogP contribution is 2.39. The molecule has 0 aromatic carbocycles. The third kappa shape index (κ3) is 3.32. The fourth-order valence-corrected chi connectivity index (χ4v) is 2.23. The van der Waals surface area contributed by atoms with Crippen molar-refractivity contribution in [3.05, 3.63) is 0 Å². The Morgan fingerprint density at radius 1 is 1.43 bits per heavy atom. The van der Waals surface area contributed by atoms with Gasteiger partial charge < -0.3 is 5.32 Å². The third-order valence-corrected chi connectivity index (χ3v) is 3.44. The van der Waals surface area contributed by atoms with Gasteiger partial charge in [0.1, 0.15) is 0 Å². The van der Waals surface area contributed by atoms with Crippen molar-refractivity contribution in [1.29, 1.82) is 0 Å². The lowest BCUT2D eigenvalue weighted by Gasteiger charge is -2.40. The van der Waals surface area contributed by atoms with E-state index < -0.39 is 0 Å². The van der Waals surface area contributed by atoms with Crippen LogP contribution in [0.3, 0.4) is 0 Å². The van der Waals surface area contributed by atoms with Gasteiger partial charge in [0.05, 0.1) is 0 Å². The monoisotopic (exact) mass is 197 g/mol. The molecule has 0 aromatic heterocycles. The van der Waals surface area contributed by atoms with Gasteiger partial charge in [-0.2, -0.15) is 0 Å². The number of nitrogens with one attached hydrogen (secondary N) is 1. The van der Waals surface area contributed by atoms with Gasteiger partial charge in [0, 0.05) is 13.0 Å². The number of carbonyl (C=O) groups is 1. The third-order valence-electron chi connectivity index (χ3n) is 3.44. The van der Waals surface area contributed by atoms with Crippen LogP contribution in [-0.4, -0.2) is 11.9 Å². The Hall–Kier alpha value is -0.530. The minimum atomic E-state index is 0.114. The molecule has 0 unspecified atom stereocenters. The molecule has 0 aliphatic heterocycles. The average Bonchev–Trinajstić information content (AvgIpc) is 1.99. The Kier molecular flexibility index (Phi) is 3.57. The predicted octanol–water partition coefficient (Wildman–Crippen LogP) is 2.73. The van der Waals surface area contributed by atoms with Crippen LogP contribution in [0.15, 0.2) is 0 Å². The Bertz CT molecular complexity index is 204. The Labute approximate surface area is 87.5 Å². The van der Waals surface area contributed by atoms with Crippen molar-refractivity contribution in [1.82, 2.24) is 5.32 Å². The topological polar surface area (TPSA) is 29.1 Å². The molecule has 1 fully saturated rings. The van der Waals surface area contributed by atoms with Crippen LogP contribution >= 0.6 is 0 Å². The van der Waals surface area contributed by atoms with Gasteiger partial charge in [-0.3, -0.25) is 4.79 Å². The Balaban J connectivity index is 2.19. The van der Waals surface area contributed by atoms with Crippen LogP contribution in [0.4, 0.5) is 0 Å². The normalized spacial score (nSPS) is 26.9. The van der Waals surface area contributed by atoms with Crippen molar-refractivity contribution in [2.45, 2.75) is 59.4 Å². The first-order valence-electron chi connectivity index (χ1n) is 5.70. The van der Waals surface area contributed by atoms with Crippen molar-refractivity contribution in [2.24, 2.45) is 11.3 Å². The molecule has 0 saturated heterocycles. The van der Waals surface area contributed by atoms with Crippen molar-refractivity contribution >= 4 is 5.91 Å². The number of amides is 1. The minimum absolute atomic E-state index is 0.114. The molecule has 1 N–H and O–H groups in total. The quantitative estimate of drug-likeness (QED) is 0.737. The summed E-state index contributed by atoms with van der Waals surface area (Å²) in [4.78, 5) is 10.8. The molecule has 1 amide bonds. The van der Waals surface area contributed by atoms with E-state index in [2.05, 4.69) is 26.1 Å². The number of hydrogen-bond donors (Lipinski definition) is 1. The van der Waals surface area contributed by atoms with Gasteiger partial charge in [0.25, 0.3) is 0 Å². The fraction of sp³-hybridized carbons (Fsp3) is 0.917. The van der Waals surface area contributed by atoms with Gasteiger partial charge in [0.15, 0.2) is 0 Å². The summed E-state index contributed by atoms with van der Waals surface area (Å²) in [5, 5.41) is 2.97. The molecule has 0 heterocycles. The first-order chi connectivity index (χ1) is 6.43. The second-order valence-electron chi connectivity index (χ2n) is 5.46. The standard InChI is InChI=1S/C12H23NO/c1-5-12(3,4)8-10-6-11(7-10)13-9(2)14/h10-11H,5-8H2,1-4H3,(H,13,14)/t10-,11-. The molecule has 0 aromatic rings. The van der Waals surface area contributed by atoms with Gasteiger partial charge in [-0.25, -0.2) is 0 Å². The molecule has 1 aliphatic carbocycles. The molecule has 1 saturated carbocycles. The minimum Gasteiger partial charge on any atom is -0.354 e. The zero-order valence-electron chi connectivity index (χ0n) is 9.89. The molecular formula is C12H23NO. The van der Waals surface area contributed by atoms with E-state index in [1.165, 1.54) is 25.7 Å². The second kappa shape index (κ2) is 4.33. The van der Waals surface area contributed by atoms with Gasteiger partial charge in [-0.1, -0.05) is 27.2 Å². The van der Waals surface area contributed by atoms with Gasteiger partial charge in [-0.15, -0.1) is 0 Å². The maximum absolute atomic E-state index is 10.8. The van der Waals surface area contributed by atoms with Crippen LogP contribution in [-0.2, 0) is 4.79 Å². The Morgan fingerprint density at radius 2 is 2.00 bits per heavy atom. The summed E-state index contributed by atoms with van der Waals surface area (Å²) < 4.78 is 0. The first-order valence-corrected chi connectivity index (χ1v) is 5.70. The summed E-state index contributed by atoms with van der Waals surface area (Å²) in [6, 6.07) is 0.463. The van der Waals surface area contributed by atoms with Crippen LogP contribution in [0.25, 0.3) is 0 Å². The fourth-order valence-electron chi connectivity index (χ4n) is 2.23. The van der Waals surface area contributed by atoms with E-state index in [4.69, 9.17) is 0 Å². The van der Waals surface area contributed by atoms with E-state index in [1.54, 1.807) is 6.92 Å². The van der Waals surface area contributed by atoms with Crippen molar-refractivity contribution in [2.75, 3.05) is 0 Å². The zero-order valence-corrected chi connectivity index (χ0v) is 9.89. The highest BCUT2D eigenvalue weighted by molar-refractivity contribution is 5.73. The molecule has 1 rings (SSSR count). The smallest absolute Gasteiger partial charge is 0.217 e. The molecular weight excluding hydrogens is 174 g/mol. The van der Waals surface area contributed by atoms with Crippen LogP contribution in [0.1, 0.15) is 53.4 Å². The highest BCUT2D eigenvalue weighted by atomic mass is 16.1. The molecule has 0 spiro atoms. The largest absolute Gasteiger partial charge is 0.354 e. The summed E-state index contributed by atoms with van der Waals surface area (Å²) in [5.74, 6) is 0.949. The maximum Gasteiger partial charge on any atom is 0.217 e. The Morgan fingerprint density at radius 3 is 2.43 bits per heavy atom. The average molecular weight is 197 g/mol. The van der Waals surface area contributed by atoms with E-state index in [0.717, 1.165) is 5.92 Å². The van der Waals surface area contributed by atoms with Gasteiger partial charge >= 0.3 is 0 Å². The van der Waals surface area contributed by atoms with E-state index in [0.29, 0.717) is 11.5 Å². The van der Waals surface area contributed by atoms with E-state index in [-0.39, 0.29) is 5.91 Å². The van der Waals surface area contributed by atoms with Gasteiger partial charge in [0.2, 0.25) is 5.91 Å². The summed E-state index contributed by atoms with van der Waals surface area (Å²) in [7, 11) is 0. The molecule has 0 radical (unpaired) electrons. The molecule has 1 aliphatic rings. The lowest BCUT2D eigenvalue weighted by molar-refractivity contribution is -0.120. The van der Waals surface area contributed by atoms with Crippen LogP contribution in [0.5, 0.6) is 0 Å². The molecule has 82 valence electrons. The predicted molar refractivity (Wildman–Crippen MR) is 59.0 cm³/mol. The number of carbonyl (C=O) groups excluding carboxylic acids is 1. The molecule has 2 nitrogen and oxygen atoms in total. The number of rotatable bonds is 4. The van der Waals surface area contributed by atoms with Crippen molar-refractivity contribution in [3.63, 3.8) is 0 Å². The summed E-state index contributed by atoms with van der Waals surface area (Å²) in [6.07, 6.45) is 4.92. The molecule has 0 atom stereocenters. The van der Waals surface area contributed by atoms with E-state index >= 15 is 0 Å². The van der Waals surface area contributed by atoms with Crippen LogP contribution in [0, 0.1) is 11.3 Å². The molecule has 14 heavy (non-hydrogen) atoms. The maximum atomic E-state index is 10.8. The first kappa shape index (κ1) is 11.5. The number of hydrogen-bond acceptors (Lipinski definition) is 1. The lowest BCUT2D eigenvalue weighted by atomic mass is 9.70. The van der Waals surface area contributed by atoms with Crippen LogP contribution in [0.2, 0.25) is 0 Å².